The van der Waals surface area contributed by atoms with Crippen molar-refractivity contribution in [2.24, 2.45) is 0 Å². The van der Waals surface area contributed by atoms with Crippen LogP contribution in [0.1, 0.15) is 0 Å². The first-order chi connectivity index (χ1) is 5.46. The van der Waals surface area contributed by atoms with Crippen LogP contribution in [0.2, 0.25) is 5.02 Å². The fraction of sp³-hybridized carbons (Fsp3) is 0. The van der Waals surface area contributed by atoms with Crippen molar-refractivity contribution < 1.29 is 17.6 Å². The van der Waals surface area contributed by atoms with E-state index in [1.165, 1.54) is 0 Å². The minimum Gasteiger partial charge on any atom is -0.202 e. The largest absolute Gasteiger partial charge is 0.202 e. The number of halogens is 5. The van der Waals surface area contributed by atoms with Crippen LogP contribution in [0.4, 0.5) is 17.6 Å². The second-order valence-electron chi connectivity index (χ2n) is 1.92. The van der Waals surface area contributed by atoms with Gasteiger partial charge in [-0.25, -0.2) is 17.6 Å². The van der Waals surface area contributed by atoms with E-state index in [2.05, 4.69) is 12.6 Å². The summed E-state index contributed by atoms with van der Waals surface area (Å²) in [5.74, 6) is -6.47. The molecule has 66 valence electrons. The molecule has 12 heavy (non-hydrogen) atoms. The number of thiol groups is 1. The number of hydrogen-bond acceptors (Lipinski definition) is 1. The third-order valence-corrected chi connectivity index (χ3v) is 1.91. The third kappa shape index (κ3) is 1.27. The molecule has 0 unspecified atom stereocenters. The van der Waals surface area contributed by atoms with Crippen LogP contribution in [0, 0.1) is 23.3 Å². The van der Waals surface area contributed by atoms with Crippen LogP contribution < -0.4 is 0 Å². The molecule has 6 heteroatoms. The number of benzene rings is 1. The molecule has 0 N–H and O–H groups in total. The van der Waals surface area contributed by atoms with Gasteiger partial charge in [-0.15, -0.1) is 12.6 Å². The SMILES string of the molecule is Fc1c(F)c(Cl)c(F)c(F)c1S. The van der Waals surface area contributed by atoms with Crippen LogP contribution in [0.3, 0.4) is 0 Å². The lowest BCUT2D eigenvalue weighted by Gasteiger charge is -2.02. The zero-order valence-corrected chi connectivity index (χ0v) is 6.99. The molecular weight excluding hydrogens is 216 g/mol. The Balaban J connectivity index is 3.60. The van der Waals surface area contributed by atoms with Crippen molar-refractivity contribution in [2.75, 3.05) is 0 Å². The smallest absolute Gasteiger partial charge is 0.181 e. The molecule has 0 aromatic heterocycles. The van der Waals surface area contributed by atoms with Crippen molar-refractivity contribution in [3.63, 3.8) is 0 Å². The second-order valence-corrected chi connectivity index (χ2v) is 2.74. The zero-order chi connectivity index (χ0) is 9.46. The lowest BCUT2D eigenvalue weighted by Crippen LogP contribution is -1.97. The summed E-state index contributed by atoms with van der Waals surface area (Å²) in [6, 6.07) is 0. The molecule has 0 aliphatic heterocycles. The molecule has 0 fully saturated rings. The Bertz CT molecular complexity index is 234. The Morgan fingerprint density at radius 2 is 1.17 bits per heavy atom. The predicted octanol–water partition coefficient (Wildman–Crippen LogP) is 3.19. The summed E-state index contributed by atoms with van der Waals surface area (Å²) in [6.07, 6.45) is 0. The summed E-state index contributed by atoms with van der Waals surface area (Å²) in [6.45, 7) is 0. The minimum atomic E-state index is -1.64. The molecular formula is C6HClF4S. The van der Waals surface area contributed by atoms with Gasteiger partial charge < -0.3 is 0 Å². The van der Waals surface area contributed by atoms with E-state index in [-0.39, 0.29) is 0 Å². The molecule has 1 aromatic rings. The topological polar surface area (TPSA) is 0 Å². The first-order valence-electron chi connectivity index (χ1n) is 2.67. The number of rotatable bonds is 0. The third-order valence-electron chi connectivity index (χ3n) is 1.19. The molecule has 0 nitrogen and oxygen atoms in total. The van der Waals surface area contributed by atoms with E-state index in [0.29, 0.717) is 0 Å². The van der Waals surface area contributed by atoms with Gasteiger partial charge in [0.1, 0.15) is 5.02 Å². The van der Waals surface area contributed by atoms with Gasteiger partial charge in [-0.2, -0.15) is 0 Å². The summed E-state index contributed by atoms with van der Waals surface area (Å²) < 4.78 is 49.9. The summed E-state index contributed by atoms with van der Waals surface area (Å²) in [4.78, 5) is -1.02. The highest BCUT2D eigenvalue weighted by Crippen LogP contribution is 2.29. The van der Waals surface area contributed by atoms with Crippen LogP contribution in [0.15, 0.2) is 4.90 Å². The molecule has 0 atom stereocenters. The van der Waals surface area contributed by atoms with Gasteiger partial charge in [-0.3, -0.25) is 0 Å². The molecule has 0 saturated heterocycles. The Morgan fingerprint density at radius 3 is 1.50 bits per heavy atom. The molecule has 1 aromatic carbocycles. The summed E-state index contributed by atoms with van der Waals surface area (Å²) >= 11 is 8.11. The molecule has 0 heterocycles. The Morgan fingerprint density at radius 1 is 0.833 bits per heavy atom. The lowest BCUT2D eigenvalue weighted by molar-refractivity contribution is 0.427. The van der Waals surface area contributed by atoms with Gasteiger partial charge in [0.05, 0.1) is 4.90 Å². The quantitative estimate of drug-likeness (QED) is 0.293. The van der Waals surface area contributed by atoms with Gasteiger partial charge in [-0.05, 0) is 0 Å². The van der Waals surface area contributed by atoms with Gasteiger partial charge in [0.25, 0.3) is 0 Å². The van der Waals surface area contributed by atoms with Crippen molar-refractivity contribution in [3.05, 3.63) is 28.3 Å². The fourth-order valence-corrected chi connectivity index (χ4v) is 0.956. The first-order valence-corrected chi connectivity index (χ1v) is 3.49. The fourth-order valence-electron chi connectivity index (χ4n) is 0.593. The van der Waals surface area contributed by atoms with E-state index in [4.69, 9.17) is 11.6 Å². The van der Waals surface area contributed by atoms with Gasteiger partial charge in [0.2, 0.25) is 0 Å². The average Bonchev–Trinajstić information content (AvgIpc) is 2.08. The van der Waals surface area contributed by atoms with Crippen molar-refractivity contribution in [3.8, 4) is 0 Å². The maximum Gasteiger partial charge on any atom is 0.181 e. The molecule has 0 radical (unpaired) electrons. The average molecular weight is 217 g/mol. The van der Waals surface area contributed by atoms with Crippen LogP contribution in [-0.4, -0.2) is 0 Å². The molecule has 0 saturated carbocycles. The van der Waals surface area contributed by atoms with Crippen LogP contribution in [0.25, 0.3) is 0 Å². The highest BCUT2D eigenvalue weighted by molar-refractivity contribution is 7.80. The highest BCUT2D eigenvalue weighted by Gasteiger charge is 2.21. The summed E-state index contributed by atoms with van der Waals surface area (Å²) in [5.41, 5.74) is 0. The van der Waals surface area contributed by atoms with E-state index >= 15 is 0 Å². The molecule has 0 bridgehead atoms. The van der Waals surface area contributed by atoms with Gasteiger partial charge in [0, 0.05) is 0 Å². The van der Waals surface area contributed by atoms with Crippen molar-refractivity contribution in [1.29, 1.82) is 0 Å². The van der Waals surface area contributed by atoms with Gasteiger partial charge in [0.15, 0.2) is 23.3 Å². The van der Waals surface area contributed by atoms with Crippen molar-refractivity contribution in [1.82, 2.24) is 0 Å². The summed E-state index contributed by atoms with van der Waals surface area (Å²) in [5, 5.41) is -1.21. The van der Waals surface area contributed by atoms with E-state index in [0.717, 1.165) is 0 Å². The molecule has 0 spiro atoms. The van der Waals surface area contributed by atoms with Gasteiger partial charge in [-0.1, -0.05) is 11.6 Å². The Labute approximate surface area is 75.6 Å². The molecule has 0 amide bonds. The lowest BCUT2D eigenvalue weighted by atomic mass is 10.3. The van der Waals surface area contributed by atoms with E-state index in [1.807, 2.05) is 0 Å². The zero-order valence-electron chi connectivity index (χ0n) is 5.34. The summed E-state index contributed by atoms with van der Waals surface area (Å²) in [7, 11) is 0. The van der Waals surface area contributed by atoms with Gasteiger partial charge >= 0.3 is 0 Å². The Kier molecular flexibility index (Phi) is 2.53. The normalized spacial score (nSPS) is 10.5. The minimum absolute atomic E-state index is 1.02. The molecule has 0 aliphatic carbocycles. The van der Waals surface area contributed by atoms with Crippen molar-refractivity contribution in [2.45, 2.75) is 4.90 Å². The second kappa shape index (κ2) is 3.14. The standard InChI is InChI=1S/C6HClF4S/c7-1-2(8)4(10)6(12)5(11)3(1)9/h12H. The Hall–Kier alpha value is -0.420. The van der Waals surface area contributed by atoms with Crippen LogP contribution in [0.5, 0.6) is 0 Å². The van der Waals surface area contributed by atoms with E-state index in [1.54, 1.807) is 0 Å². The highest BCUT2D eigenvalue weighted by atomic mass is 35.5. The maximum atomic E-state index is 12.5. The van der Waals surface area contributed by atoms with Crippen LogP contribution in [-0.2, 0) is 0 Å². The molecule has 1 rings (SSSR count). The van der Waals surface area contributed by atoms with Crippen molar-refractivity contribution >= 4 is 24.2 Å². The first kappa shape index (κ1) is 9.67. The van der Waals surface area contributed by atoms with E-state index < -0.39 is 33.2 Å². The maximum absolute atomic E-state index is 12.5. The molecule has 0 aliphatic rings. The predicted molar refractivity (Wildman–Crippen MR) is 38.5 cm³/mol. The van der Waals surface area contributed by atoms with Crippen LogP contribution >= 0.6 is 24.2 Å². The number of hydrogen-bond donors (Lipinski definition) is 1. The van der Waals surface area contributed by atoms with E-state index in [9.17, 15) is 17.6 Å². The monoisotopic (exact) mass is 216 g/mol.